The zero-order valence-electron chi connectivity index (χ0n) is 4.19. The lowest BCUT2D eigenvalue weighted by atomic mass is 10.5. The Morgan fingerprint density at radius 1 is 1.57 bits per heavy atom. The van der Waals surface area contributed by atoms with Crippen molar-refractivity contribution in [3.8, 4) is 0 Å². The van der Waals surface area contributed by atoms with Gasteiger partial charge in [-0.25, -0.2) is 4.39 Å². The minimum atomic E-state index is -0.615. The Bertz CT molecular complexity index is 52.0. The van der Waals surface area contributed by atoms with Crippen molar-refractivity contribution in [2.24, 2.45) is 5.92 Å². The topological polar surface area (TPSA) is 9.23 Å². The van der Waals surface area contributed by atoms with Crippen molar-refractivity contribution in [2.75, 3.05) is 13.5 Å². The molecule has 0 aromatic heterocycles. The van der Waals surface area contributed by atoms with Crippen molar-refractivity contribution in [1.29, 1.82) is 0 Å². The van der Waals surface area contributed by atoms with Crippen molar-refractivity contribution in [3.63, 3.8) is 0 Å². The normalized spacial score (nSPS) is 20.1. The standard InChI is InChI=1S/C5H9FO/c6-4-7-3-5-1-2-5/h5H,1-4H2. The van der Waals surface area contributed by atoms with Crippen LogP contribution >= 0.6 is 0 Å². The maximum absolute atomic E-state index is 11.2. The molecule has 1 fully saturated rings. The SMILES string of the molecule is FCOCC1CC1. The van der Waals surface area contributed by atoms with E-state index in [4.69, 9.17) is 0 Å². The first-order chi connectivity index (χ1) is 3.43. The van der Waals surface area contributed by atoms with Gasteiger partial charge in [0, 0.05) is 0 Å². The van der Waals surface area contributed by atoms with E-state index >= 15 is 0 Å². The number of hydrogen-bond acceptors (Lipinski definition) is 1. The maximum atomic E-state index is 11.2. The summed E-state index contributed by atoms with van der Waals surface area (Å²) >= 11 is 0. The summed E-state index contributed by atoms with van der Waals surface area (Å²) in [5.41, 5.74) is 0. The molecule has 7 heavy (non-hydrogen) atoms. The number of rotatable bonds is 3. The average molecular weight is 104 g/mol. The van der Waals surface area contributed by atoms with Gasteiger partial charge in [-0.2, -0.15) is 0 Å². The first-order valence-electron chi connectivity index (χ1n) is 2.57. The van der Waals surface area contributed by atoms with Gasteiger partial charge < -0.3 is 4.74 Å². The van der Waals surface area contributed by atoms with Crippen LogP contribution in [0.15, 0.2) is 0 Å². The molecule has 0 unspecified atom stereocenters. The van der Waals surface area contributed by atoms with Crippen LogP contribution in [-0.2, 0) is 4.74 Å². The molecule has 0 radical (unpaired) electrons. The Balaban J connectivity index is 1.80. The average Bonchev–Trinajstić information content (AvgIpc) is 2.42. The number of ether oxygens (including phenoxy) is 1. The highest BCUT2D eigenvalue weighted by atomic mass is 19.1. The van der Waals surface area contributed by atoms with Gasteiger partial charge >= 0.3 is 0 Å². The van der Waals surface area contributed by atoms with Crippen molar-refractivity contribution >= 4 is 0 Å². The molecule has 0 amide bonds. The second kappa shape index (κ2) is 2.26. The summed E-state index contributed by atoms with van der Waals surface area (Å²) in [5, 5.41) is 0. The molecular weight excluding hydrogens is 95.1 g/mol. The molecule has 0 N–H and O–H groups in total. The molecule has 0 spiro atoms. The van der Waals surface area contributed by atoms with Crippen LogP contribution in [0.3, 0.4) is 0 Å². The van der Waals surface area contributed by atoms with Crippen molar-refractivity contribution in [3.05, 3.63) is 0 Å². The van der Waals surface area contributed by atoms with E-state index in [-0.39, 0.29) is 0 Å². The van der Waals surface area contributed by atoms with Crippen LogP contribution < -0.4 is 0 Å². The summed E-state index contributed by atoms with van der Waals surface area (Å²) in [5.74, 6) is 0.691. The van der Waals surface area contributed by atoms with E-state index in [1.807, 2.05) is 0 Å². The number of hydrogen-bond donors (Lipinski definition) is 0. The van der Waals surface area contributed by atoms with Gasteiger partial charge in [0.05, 0.1) is 6.61 Å². The minimum absolute atomic E-state index is 0.615. The third-order valence-corrected chi connectivity index (χ3v) is 1.13. The molecule has 42 valence electrons. The highest BCUT2D eigenvalue weighted by Gasteiger charge is 2.20. The molecule has 0 saturated heterocycles. The van der Waals surface area contributed by atoms with E-state index in [1.54, 1.807) is 0 Å². The first-order valence-corrected chi connectivity index (χ1v) is 2.57. The molecule has 1 aliphatic rings. The van der Waals surface area contributed by atoms with E-state index < -0.39 is 6.86 Å². The van der Waals surface area contributed by atoms with Gasteiger partial charge in [-0.1, -0.05) is 0 Å². The molecule has 0 heterocycles. The molecule has 0 aliphatic heterocycles. The summed E-state index contributed by atoms with van der Waals surface area (Å²) < 4.78 is 15.6. The van der Waals surface area contributed by atoms with Crippen LogP contribution in [-0.4, -0.2) is 13.5 Å². The molecule has 0 aromatic rings. The molecular formula is C5H9FO. The highest BCUT2D eigenvalue weighted by molar-refractivity contribution is 4.71. The summed E-state index contributed by atoms with van der Waals surface area (Å²) in [4.78, 5) is 0. The summed E-state index contributed by atoms with van der Waals surface area (Å²) in [6, 6.07) is 0. The van der Waals surface area contributed by atoms with Crippen molar-refractivity contribution in [1.82, 2.24) is 0 Å². The van der Waals surface area contributed by atoms with E-state index in [1.165, 1.54) is 12.8 Å². The molecule has 1 rings (SSSR count). The van der Waals surface area contributed by atoms with Gasteiger partial charge in [-0.15, -0.1) is 0 Å². The fourth-order valence-corrected chi connectivity index (χ4v) is 0.496. The highest BCUT2D eigenvalue weighted by Crippen LogP contribution is 2.28. The fraction of sp³-hybridized carbons (Fsp3) is 1.00. The number of alkyl halides is 1. The monoisotopic (exact) mass is 104 g/mol. The predicted octanol–water partition coefficient (Wildman–Crippen LogP) is 1.34. The van der Waals surface area contributed by atoms with Gasteiger partial charge in [0.15, 0.2) is 6.86 Å². The minimum Gasteiger partial charge on any atom is -0.350 e. The van der Waals surface area contributed by atoms with Crippen LogP contribution in [0.4, 0.5) is 4.39 Å². The van der Waals surface area contributed by atoms with Gasteiger partial charge in [-0.3, -0.25) is 0 Å². The van der Waals surface area contributed by atoms with Gasteiger partial charge in [0.2, 0.25) is 0 Å². The third kappa shape index (κ3) is 1.88. The Hall–Kier alpha value is -0.110. The summed E-state index contributed by atoms with van der Waals surface area (Å²) in [6.07, 6.45) is 2.47. The predicted molar refractivity (Wildman–Crippen MR) is 24.7 cm³/mol. The molecule has 2 heteroatoms. The smallest absolute Gasteiger partial charge is 0.188 e. The molecule has 1 saturated carbocycles. The molecule has 0 atom stereocenters. The second-order valence-corrected chi connectivity index (χ2v) is 1.92. The van der Waals surface area contributed by atoms with E-state index in [9.17, 15) is 4.39 Å². The van der Waals surface area contributed by atoms with Crippen molar-refractivity contribution < 1.29 is 9.13 Å². The Kier molecular flexibility index (Phi) is 1.63. The summed E-state index contributed by atoms with van der Waals surface area (Å²) in [6.45, 7) is 0.0208. The van der Waals surface area contributed by atoms with Crippen LogP contribution in [0.25, 0.3) is 0 Å². The lowest BCUT2D eigenvalue weighted by molar-refractivity contribution is 0.0511. The second-order valence-electron chi connectivity index (χ2n) is 1.92. The molecule has 0 aromatic carbocycles. The molecule has 1 aliphatic carbocycles. The Morgan fingerprint density at radius 3 is 2.71 bits per heavy atom. The Morgan fingerprint density at radius 2 is 2.29 bits per heavy atom. The first kappa shape index (κ1) is 5.04. The van der Waals surface area contributed by atoms with E-state index in [0.717, 1.165) is 0 Å². The molecule has 0 bridgehead atoms. The van der Waals surface area contributed by atoms with E-state index in [2.05, 4.69) is 4.74 Å². The van der Waals surface area contributed by atoms with Crippen molar-refractivity contribution in [2.45, 2.75) is 12.8 Å². The fourth-order valence-electron chi connectivity index (χ4n) is 0.496. The van der Waals surface area contributed by atoms with Gasteiger partial charge in [0.1, 0.15) is 0 Å². The maximum Gasteiger partial charge on any atom is 0.188 e. The lowest BCUT2D eigenvalue weighted by Gasteiger charge is -1.91. The van der Waals surface area contributed by atoms with Crippen LogP contribution in [0.5, 0.6) is 0 Å². The quantitative estimate of drug-likeness (QED) is 0.525. The third-order valence-electron chi connectivity index (χ3n) is 1.13. The lowest BCUT2D eigenvalue weighted by Crippen LogP contribution is -1.92. The van der Waals surface area contributed by atoms with Crippen LogP contribution in [0, 0.1) is 5.92 Å². The van der Waals surface area contributed by atoms with Gasteiger partial charge in [0.25, 0.3) is 0 Å². The zero-order valence-corrected chi connectivity index (χ0v) is 4.19. The largest absolute Gasteiger partial charge is 0.350 e. The van der Waals surface area contributed by atoms with E-state index in [0.29, 0.717) is 12.5 Å². The Labute approximate surface area is 42.5 Å². The van der Waals surface area contributed by atoms with Gasteiger partial charge in [-0.05, 0) is 18.8 Å². The molecule has 1 nitrogen and oxygen atoms in total. The van der Waals surface area contributed by atoms with Crippen LogP contribution in [0.1, 0.15) is 12.8 Å². The van der Waals surface area contributed by atoms with Crippen LogP contribution in [0.2, 0.25) is 0 Å². The summed E-state index contributed by atoms with van der Waals surface area (Å²) in [7, 11) is 0. The number of halogens is 1. The zero-order chi connectivity index (χ0) is 5.11.